The van der Waals surface area contributed by atoms with Crippen LogP contribution >= 0.6 is 36.2 Å². The van der Waals surface area contributed by atoms with Crippen molar-refractivity contribution in [2.45, 2.75) is 31.8 Å². The molecule has 1 aromatic carbocycles. The van der Waals surface area contributed by atoms with Crippen LogP contribution in [-0.4, -0.2) is 30.4 Å². The number of nitrogens with one attached hydrogen (secondary N) is 1. The van der Waals surface area contributed by atoms with Crippen LogP contribution in [0.15, 0.2) is 47.8 Å². The highest BCUT2D eigenvalue weighted by Crippen LogP contribution is 2.21. The molecule has 1 aliphatic heterocycles. The number of piperidine rings is 1. The fraction of sp³-hybridized carbons (Fsp3) is 0.450. The molecular formula is C20H29Cl2N3OS. The number of halogens is 2. The lowest BCUT2D eigenvalue weighted by Gasteiger charge is -2.32. The molecule has 1 saturated heterocycles. The van der Waals surface area contributed by atoms with Crippen molar-refractivity contribution in [3.05, 3.63) is 58.3 Å². The number of carbonyl (C=O) groups excluding carboxylic acids is 1. The summed E-state index contributed by atoms with van der Waals surface area (Å²) >= 11 is 1.82. The Morgan fingerprint density at radius 2 is 1.85 bits per heavy atom. The van der Waals surface area contributed by atoms with Crippen LogP contribution in [0.5, 0.6) is 0 Å². The first kappa shape index (κ1) is 23.9. The number of rotatable bonds is 6. The minimum Gasteiger partial charge on any atom is -0.354 e. The van der Waals surface area contributed by atoms with Crippen molar-refractivity contribution in [2.75, 3.05) is 19.6 Å². The summed E-state index contributed by atoms with van der Waals surface area (Å²) in [6.45, 7) is 5.73. The van der Waals surface area contributed by atoms with Crippen molar-refractivity contribution in [1.29, 1.82) is 0 Å². The number of nitrogens with two attached hydrogens (primary N) is 1. The maximum absolute atomic E-state index is 12.5. The molecule has 1 aromatic heterocycles. The van der Waals surface area contributed by atoms with Crippen LogP contribution in [0.3, 0.4) is 0 Å². The van der Waals surface area contributed by atoms with Gasteiger partial charge in [-0.05, 0) is 55.8 Å². The standard InChI is InChI=1S/C20H27N3OS.2ClH/c1-20(21,17-6-3-2-4-7-17)19(24)22-14-16-9-11-23(12-10-16)15-18-8-5-13-25-18;;/h2-8,13,16H,9-12,14-15,21H2,1H3,(H,22,24);2*1H. The highest BCUT2D eigenvalue weighted by atomic mass is 35.5. The van der Waals surface area contributed by atoms with E-state index in [4.69, 9.17) is 5.73 Å². The van der Waals surface area contributed by atoms with Crippen LogP contribution < -0.4 is 11.1 Å². The summed E-state index contributed by atoms with van der Waals surface area (Å²) in [6.07, 6.45) is 2.25. The molecule has 3 rings (SSSR count). The molecule has 1 amide bonds. The van der Waals surface area contributed by atoms with Gasteiger partial charge in [-0.25, -0.2) is 0 Å². The largest absolute Gasteiger partial charge is 0.354 e. The van der Waals surface area contributed by atoms with Crippen molar-refractivity contribution in [3.8, 4) is 0 Å². The summed E-state index contributed by atoms with van der Waals surface area (Å²) in [7, 11) is 0. The molecule has 0 aliphatic carbocycles. The van der Waals surface area contributed by atoms with Gasteiger partial charge in [-0.2, -0.15) is 0 Å². The van der Waals surface area contributed by atoms with E-state index in [1.54, 1.807) is 6.92 Å². The molecule has 0 spiro atoms. The molecule has 4 nitrogen and oxygen atoms in total. The zero-order valence-electron chi connectivity index (χ0n) is 15.6. The quantitative estimate of drug-likeness (QED) is 0.733. The molecule has 27 heavy (non-hydrogen) atoms. The molecule has 3 N–H and O–H groups in total. The third kappa shape index (κ3) is 6.47. The second-order valence-corrected chi connectivity index (χ2v) is 8.11. The van der Waals surface area contributed by atoms with Crippen molar-refractivity contribution in [2.24, 2.45) is 11.7 Å². The number of nitrogens with zero attached hydrogens (tertiary/aromatic N) is 1. The molecule has 150 valence electrons. The zero-order valence-corrected chi connectivity index (χ0v) is 18.0. The van der Waals surface area contributed by atoms with E-state index in [0.29, 0.717) is 12.5 Å². The van der Waals surface area contributed by atoms with Gasteiger partial charge in [0.2, 0.25) is 5.91 Å². The Morgan fingerprint density at radius 3 is 2.44 bits per heavy atom. The Morgan fingerprint density at radius 1 is 1.19 bits per heavy atom. The van der Waals surface area contributed by atoms with Gasteiger partial charge in [0, 0.05) is 18.0 Å². The first-order chi connectivity index (χ1) is 12.1. The Bertz CT molecular complexity index is 672. The Hall–Kier alpha value is -1.11. The topological polar surface area (TPSA) is 58.4 Å². The number of hydrogen-bond donors (Lipinski definition) is 2. The Labute approximate surface area is 178 Å². The molecule has 2 aromatic rings. The van der Waals surface area contributed by atoms with E-state index in [1.807, 2.05) is 41.7 Å². The molecule has 1 fully saturated rings. The van der Waals surface area contributed by atoms with Crippen LogP contribution in [0.1, 0.15) is 30.2 Å². The van der Waals surface area contributed by atoms with Crippen molar-refractivity contribution < 1.29 is 4.79 Å². The molecule has 2 heterocycles. The predicted octanol–water partition coefficient (Wildman–Crippen LogP) is 3.79. The third-order valence-corrected chi connectivity index (χ3v) is 5.92. The monoisotopic (exact) mass is 429 g/mol. The van der Waals surface area contributed by atoms with Crippen LogP contribution in [-0.2, 0) is 16.9 Å². The second kappa shape index (κ2) is 11.0. The number of hydrogen-bond acceptors (Lipinski definition) is 4. The van der Waals surface area contributed by atoms with E-state index >= 15 is 0 Å². The number of carbonyl (C=O) groups is 1. The maximum Gasteiger partial charge on any atom is 0.244 e. The first-order valence-electron chi connectivity index (χ1n) is 8.93. The van der Waals surface area contributed by atoms with E-state index in [1.165, 1.54) is 4.88 Å². The lowest BCUT2D eigenvalue weighted by molar-refractivity contribution is -0.126. The summed E-state index contributed by atoms with van der Waals surface area (Å²) in [5, 5.41) is 5.20. The minimum absolute atomic E-state index is 0. The van der Waals surface area contributed by atoms with E-state index in [9.17, 15) is 4.79 Å². The number of thiophene rings is 1. The SMILES string of the molecule is CC(N)(C(=O)NCC1CCN(Cc2cccs2)CC1)c1ccccc1.Cl.Cl. The zero-order chi connectivity index (χ0) is 17.7. The first-order valence-corrected chi connectivity index (χ1v) is 9.81. The van der Waals surface area contributed by atoms with Gasteiger partial charge in [-0.3, -0.25) is 9.69 Å². The van der Waals surface area contributed by atoms with Crippen LogP contribution in [0.2, 0.25) is 0 Å². The van der Waals surface area contributed by atoms with E-state index in [0.717, 1.165) is 38.0 Å². The second-order valence-electron chi connectivity index (χ2n) is 7.08. The molecule has 7 heteroatoms. The molecule has 0 radical (unpaired) electrons. The molecular weight excluding hydrogens is 401 g/mol. The third-order valence-electron chi connectivity index (χ3n) is 5.06. The van der Waals surface area contributed by atoms with Crippen LogP contribution in [0, 0.1) is 5.92 Å². The summed E-state index contributed by atoms with van der Waals surface area (Å²) in [5.74, 6) is 0.440. The van der Waals surface area contributed by atoms with Crippen molar-refractivity contribution in [1.82, 2.24) is 10.2 Å². The van der Waals surface area contributed by atoms with Crippen molar-refractivity contribution in [3.63, 3.8) is 0 Å². The highest BCUT2D eigenvalue weighted by molar-refractivity contribution is 7.09. The average molecular weight is 430 g/mol. The lowest BCUT2D eigenvalue weighted by atomic mass is 9.91. The minimum atomic E-state index is -0.985. The van der Waals surface area contributed by atoms with Gasteiger partial charge in [-0.15, -0.1) is 36.2 Å². The molecule has 0 saturated carbocycles. The van der Waals surface area contributed by atoms with Gasteiger partial charge < -0.3 is 11.1 Å². The Balaban J connectivity index is 0.00000182. The molecule has 0 bridgehead atoms. The highest BCUT2D eigenvalue weighted by Gasteiger charge is 2.31. The smallest absolute Gasteiger partial charge is 0.244 e. The van der Waals surface area contributed by atoms with Gasteiger partial charge in [0.25, 0.3) is 0 Å². The molecule has 1 unspecified atom stereocenters. The fourth-order valence-corrected chi connectivity index (χ4v) is 4.05. The van der Waals surface area contributed by atoms with Gasteiger partial charge in [0.1, 0.15) is 5.54 Å². The van der Waals surface area contributed by atoms with E-state index in [-0.39, 0.29) is 30.7 Å². The average Bonchev–Trinajstić information content (AvgIpc) is 3.14. The molecule has 1 atom stereocenters. The summed E-state index contributed by atoms with van der Waals surface area (Å²) in [5.41, 5.74) is 6.14. The van der Waals surface area contributed by atoms with Crippen LogP contribution in [0.25, 0.3) is 0 Å². The van der Waals surface area contributed by atoms with Gasteiger partial charge in [0.05, 0.1) is 0 Å². The summed E-state index contributed by atoms with van der Waals surface area (Å²) in [4.78, 5) is 16.5. The maximum atomic E-state index is 12.5. The van der Waals surface area contributed by atoms with E-state index in [2.05, 4.69) is 27.7 Å². The molecule has 1 aliphatic rings. The summed E-state index contributed by atoms with van der Waals surface area (Å²) in [6, 6.07) is 13.9. The van der Waals surface area contributed by atoms with Gasteiger partial charge in [-0.1, -0.05) is 36.4 Å². The summed E-state index contributed by atoms with van der Waals surface area (Å²) < 4.78 is 0. The van der Waals surface area contributed by atoms with Crippen molar-refractivity contribution >= 4 is 42.1 Å². The van der Waals surface area contributed by atoms with Gasteiger partial charge in [0.15, 0.2) is 0 Å². The lowest BCUT2D eigenvalue weighted by Crippen LogP contribution is -2.50. The number of benzene rings is 1. The fourth-order valence-electron chi connectivity index (χ4n) is 3.31. The predicted molar refractivity (Wildman–Crippen MR) is 118 cm³/mol. The normalized spacial score (nSPS) is 17.3. The number of likely N-dealkylation sites (tertiary alicyclic amines) is 1. The number of amides is 1. The van der Waals surface area contributed by atoms with Crippen LogP contribution in [0.4, 0.5) is 0 Å². The van der Waals surface area contributed by atoms with E-state index < -0.39 is 5.54 Å². The van der Waals surface area contributed by atoms with Gasteiger partial charge >= 0.3 is 0 Å². The Kier molecular flexibility index (Phi) is 9.77.